The Morgan fingerprint density at radius 3 is 2.53 bits per heavy atom. The SMILES string of the molecule is CCNC(c1cc(F)c(C)cc1F)C1CC1C. The number of aryl methyl sites for hydroxylation is 1. The lowest BCUT2D eigenvalue weighted by atomic mass is 9.99. The summed E-state index contributed by atoms with van der Waals surface area (Å²) >= 11 is 0. The highest BCUT2D eigenvalue weighted by Gasteiger charge is 2.40. The summed E-state index contributed by atoms with van der Waals surface area (Å²) < 4.78 is 27.5. The molecular formula is C14H19F2N. The van der Waals surface area contributed by atoms with Crippen molar-refractivity contribution < 1.29 is 8.78 Å². The van der Waals surface area contributed by atoms with Crippen molar-refractivity contribution >= 4 is 0 Å². The molecule has 3 atom stereocenters. The van der Waals surface area contributed by atoms with Crippen molar-refractivity contribution in [2.45, 2.75) is 33.2 Å². The summed E-state index contributed by atoms with van der Waals surface area (Å²) in [6.45, 7) is 6.49. The number of nitrogens with one attached hydrogen (secondary N) is 1. The van der Waals surface area contributed by atoms with E-state index in [4.69, 9.17) is 0 Å². The van der Waals surface area contributed by atoms with Gasteiger partial charge in [0.1, 0.15) is 11.6 Å². The van der Waals surface area contributed by atoms with Crippen molar-refractivity contribution in [3.05, 3.63) is 34.9 Å². The monoisotopic (exact) mass is 239 g/mol. The van der Waals surface area contributed by atoms with Crippen molar-refractivity contribution in [3.63, 3.8) is 0 Å². The zero-order chi connectivity index (χ0) is 12.6. The molecule has 1 aromatic carbocycles. The molecule has 1 aromatic rings. The molecule has 94 valence electrons. The van der Waals surface area contributed by atoms with Crippen LogP contribution in [-0.2, 0) is 0 Å². The fourth-order valence-electron chi connectivity index (χ4n) is 2.43. The second kappa shape index (κ2) is 4.73. The van der Waals surface area contributed by atoms with Crippen LogP contribution in [0.15, 0.2) is 12.1 Å². The molecule has 1 nitrogen and oxygen atoms in total. The molecule has 0 aliphatic heterocycles. The molecule has 1 aliphatic carbocycles. The van der Waals surface area contributed by atoms with Crippen LogP contribution < -0.4 is 5.32 Å². The van der Waals surface area contributed by atoms with E-state index in [1.807, 2.05) is 6.92 Å². The fraction of sp³-hybridized carbons (Fsp3) is 0.571. The van der Waals surface area contributed by atoms with Gasteiger partial charge in [0.25, 0.3) is 0 Å². The molecule has 0 radical (unpaired) electrons. The van der Waals surface area contributed by atoms with Crippen LogP contribution in [0.1, 0.15) is 37.4 Å². The van der Waals surface area contributed by atoms with Crippen LogP contribution in [0, 0.1) is 30.4 Å². The first-order valence-electron chi connectivity index (χ1n) is 6.23. The molecule has 0 amide bonds. The maximum atomic E-state index is 13.9. The number of hydrogen-bond acceptors (Lipinski definition) is 1. The van der Waals surface area contributed by atoms with E-state index >= 15 is 0 Å². The predicted molar refractivity (Wildman–Crippen MR) is 64.8 cm³/mol. The van der Waals surface area contributed by atoms with Crippen LogP contribution in [-0.4, -0.2) is 6.54 Å². The molecule has 1 fully saturated rings. The van der Waals surface area contributed by atoms with E-state index in [0.29, 0.717) is 23.0 Å². The molecular weight excluding hydrogens is 220 g/mol. The quantitative estimate of drug-likeness (QED) is 0.846. The molecule has 0 aromatic heterocycles. The molecule has 0 spiro atoms. The summed E-state index contributed by atoms with van der Waals surface area (Å²) in [5, 5.41) is 3.27. The highest BCUT2D eigenvalue weighted by molar-refractivity contribution is 5.29. The normalized spacial score (nSPS) is 24.8. The first-order valence-corrected chi connectivity index (χ1v) is 6.23. The van der Waals surface area contributed by atoms with Gasteiger partial charge in [0.05, 0.1) is 0 Å². The molecule has 1 saturated carbocycles. The topological polar surface area (TPSA) is 12.0 Å². The molecule has 17 heavy (non-hydrogen) atoms. The van der Waals surface area contributed by atoms with Crippen molar-refractivity contribution in [1.29, 1.82) is 0 Å². The highest BCUT2D eigenvalue weighted by atomic mass is 19.1. The lowest BCUT2D eigenvalue weighted by Gasteiger charge is -2.19. The number of rotatable bonds is 4. The van der Waals surface area contributed by atoms with Crippen LogP contribution in [0.25, 0.3) is 0 Å². The molecule has 0 saturated heterocycles. The first kappa shape index (κ1) is 12.5. The molecule has 3 unspecified atom stereocenters. The standard InChI is InChI=1S/C14H19F2N/c1-4-17-14(10-5-8(10)2)11-7-12(15)9(3)6-13(11)16/h6-8,10,14,17H,4-5H2,1-3H3. The number of hydrogen-bond donors (Lipinski definition) is 1. The molecule has 3 heteroatoms. The van der Waals surface area contributed by atoms with Gasteiger partial charge in [0.15, 0.2) is 0 Å². The van der Waals surface area contributed by atoms with E-state index in [-0.39, 0.29) is 17.7 Å². The molecule has 1 aliphatic rings. The molecule has 0 bridgehead atoms. The summed E-state index contributed by atoms with van der Waals surface area (Å²) in [5.41, 5.74) is 0.842. The van der Waals surface area contributed by atoms with Gasteiger partial charge in [-0.15, -0.1) is 0 Å². The Balaban J connectivity index is 2.32. The molecule has 0 heterocycles. The van der Waals surface area contributed by atoms with E-state index in [2.05, 4.69) is 12.2 Å². The third-order valence-corrected chi connectivity index (χ3v) is 3.64. The minimum absolute atomic E-state index is 0.0508. The second-order valence-electron chi connectivity index (χ2n) is 5.04. The van der Waals surface area contributed by atoms with Gasteiger partial charge in [0.2, 0.25) is 0 Å². The van der Waals surface area contributed by atoms with Crippen molar-refractivity contribution in [1.82, 2.24) is 5.32 Å². The first-order chi connectivity index (χ1) is 8.04. The summed E-state index contributed by atoms with van der Waals surface area (Å²) in [7, 11) is 0. The van der Waals surface area contributed by atoms with E-state index in [1.165, 1.54) is 12.1 Å². The minimum atomic E-state index is -0.322. The van der Waals surface area contributed by atoms with E-state index < -0.39 is 0 Å². The maximum Gasteiger partial charge on any atom is 0.128 e. The van der Waals surface area contributed by atoms with Gasteiger partial charge in [-0.05, 0) is 49.4 Å². The highest BCUT2D eigenvalue weighted by Crippen LogP contribution is 2.47. The van der Waals surface area contributed by atoms with Crippen molar-refractivity contribution in [3.8, 4) is 0 Å². The average Bonchev–Trinajstić information content (AvgIpc) is 2.98. The van der Waals surface area contributed by atoms with E-state index in [1.54, 1.807) is 6.92 Å². The second-order valence-corrected chi connectivity index (χ2v) is 5.04. The van der Waals surface area contributed by atoms with Gasteiger partial charge in [-0.25, -0.2) is 8.78 Å². The smallest absolute Gasteiger partial charge is 0.128 e. The van der Waals surface area contributed by atoms with Crippen LogP contribution >= 0.6 is 0 Å². The van der Waals surface area contributed by atoms with E-state index in [0.717, 1.165) is 13.0 Å². The average molecular weight is 239 g/mol. The maximum absolute atomic E-state index is 13.9. The van der Waals surface area contributed by atoms with Crippen LogP contribution in [0.3, 0.4) is 0 Å². The van der Waals surface area contributed by atoms with Gasteiger partial charge in [0, 0.05) is 11.6 Å². The number of halogens is 2. The van der Waals surface area contributed by atoms with Crippen molar-refractivity contribution in [2.75, 3.05) is 6.54 Å². The molecule has 1 N–H and O–H groups in total. The Morgan fingerprint density at radius 2 is 2.00 bits per heavy atom. The van der Waals surface area contributed by atoms with E-state index in [9.17, 15) is 8.78 Å². The van der Waals surface area contributed by atoms with Crippen LogP contribution in [0.2, 0.25) is 0 Å². The predicted octanol–water partition coefficient (Wildman–Crippen LogP) is 3.58. The number of benzene rings is 1. The Morgan fingerprint density at radius 1 is 1.35 bits per heavy atom. The largest absolute Gasteiger partial charge is 0.310 e. The Hall–Kier alpha value is -0.960. The summed E-state index contributed by atoms with van der Waals surface area (Å²) in [5.74, 6) is 0.418. The van der Waals surface area contributed by atoms with Gasteiger partial charge in [-0.2, -0.15) is 0 Å². The Kier molecular flexibility index (Phi) is 3.48. The third-order valence-electron chi connectivity index (χ3n) is 3.64. The van der Waals surface area contributed by atoms with Crippen LogP contribution in [0.4, 0.5) is 8.78 Å². The summed E-state index contributed by atoms with van der Waals surface area (Å²) in [6.07, 6.45) is 1.09. The van der Waals surface area contributed by atoms with Gasteiger partial charge in [-0.1, -0.05) is 13.8 Å². The zero-order valence-corrected chi connectivity index (χ0v) is 10.6. The summed E-state index contributed by atoms with van der Waals surface area (Å²) in [4.78, 5) is 0. The zero-order valence-electron chi connectivity index (χ0n) is 10.6. The third kappa shape index (κ3) is 2.49. The fourth-order valence-corrected chi connectivity index (χ4v) is 2.43. The summed E-state index contributed by atoms with van der Waals surface area (Å²) in [6, 6.07) is 2.59. The van der Waals surface area contributed by atoms with Gasteiger partial charge in [-0.3, -0.25) is 0 Å². The van der Waals surface area contributed by atoms with Gasteiger partial charge >= 0.3 is 0 Å². The van der Waals surface area contributed by atoms with Crippen molar-refractivity contribution in [2.24, 2.45) is 11.8 Å². The Labute approximate surface area is 101 Å². The molecule has 2 rings (SSSR count). The lowest BCUT2D eigenvalue weighted by Crippen LogP contribution is -2.24. The lowest BCUT2D eigenvalue weighted by molar-refractivity contribution is 0.448. The minimum Gasteiger partial charge on any atom is -0.310 e. The Bertz CT molecular complexity index is 417. The van der Waals surface area contributed by atoms with Crippen LogP contribution in [0.5, 0.6) is 0 Å². The van der Waals surface area contributed by atoms with Gasteiger partial charge < -0.3 is 5.32 Å².